The van der Waals surface area contributed by atoms with Gasteiger partial charge in [-0.2, -0.15) is 0 Å². The lowest BCUT2D eigenvalue weighted by atomic mass is 9.70. The number of nitrogens with zero attached hydrogens (tertiary/aromatic N) is 2. The molecule has 1 fully saturated rings. The Morgan fingerprint density at radius 2 is 1.52 bits per heavy atom. The number of hydrogen-bond acceptors (Lipinski definition) is 7. The van der Waals surface area contributed by atoms with Crippen LogP contribution >= 0.6 is 11.8 Å². The lowest BCUT2D eigenvalue weighted by Crippen LogP contribution is -2.48. The Kier molecular flexibility index (Phi) is 8.50. The van der Waals surface area contributed by atoms with E-state index in [4.69, 9.17) is 14.5 Å². The standard InChI is InChI=1S/C28H30F2N2O7S/c1-5-32(27(37)39-28(2,3)4)26-31-20-18(14-10-6-8-12-16(14)23(33)34)19(21(22(29)30)38-25(20)40-26)15-11-7-9-13-17(15)24(35)36/h6-13,18-22,25H,5H2,1-4H3,(H,33,34)(H,35,36)/t18-,19+,20+,21-,25+/m0/s1. The summed E-state index contributed by atoms with van der Waals surface area (Å²) in [6, 6.07) is 10.9. The zero-order valence-electron chi connectivity index (χ0n) is 22.3. The number of ether oxygens (including phenoxy) is 2. The lowest BCUT2D eigenvalue weighted by Gasteiger charge is -2.44. The van der Waals surface area contributed by atoms with Crippen LogP contribution in [0.15, 0.2) is 53.5 Å². The van der Waals surface area contributed by atoms with Gasteiger partial charge in [-0.3, -0.25) is 9.89 Å². The predicted molar refractivity (Wildman–Crippen MR) is 144 cm³/mol. The largest absolute Gasteiger partial charge is 0.478 e. The summed E-state index contributed by atoms with van der Waals surface area (Å²) in [5.74, 6) is -4.87. The number of aromatic carboxylic acids is 2. The maximum absolute atomic E-state index is 14.7. The predicted octanol–water partition coefficient (Wildman–Crippen LogP) is 5.67. The number of alkyl halides is 2. The minimum Gasteiger partial charge on any atom is -0.478 e. The SMILES string of the molecule is CCN(C(=O)OC(C)(C)C)C1=N[C@@H]2[C@@H](c3ccccc3C(=O)O)[C@@H](c3ccccc3C(=O)O)[C@@H](C(F)F)O[C@@H]2S1. The molecule has 2 aliphatic heterocycles. The summed E-state index contributed by atoms with van der Waals surface area (Å²) in [6.07, 6.45) is -5.50. The van der Waals surface area contributed by atoms with Crippen LogP contribution in [-0.2, 0) is 9.47 Å². The van der Waals surface area contributed by atoms with Gasteiger partial charge < -0.3 is 19.7 Å². The fraction of sp³-hybridized carbons (Fsp3) is 0.429. The van der Waals surface area contributed by atoms with Gasteiger partial charge in [0.25, 0.3) is 6.43 Å². The third kappa shape index (κ3) is 5.83. The van der Waals surface area contributed by atoms with Gasteiger partial charge in [0.15, 0.2) is 5.17 Å². The van der Waals surface area contributed by atoms with Gasteiger partial charge in [0.05, 0.1) is 17.2 Å². The molecule has 9 nitrogen and oxygen atoms in total. The van der Waals surface area contributed by atoms with Crippen molar-refractivity contribution in [1.29, 1.82) is 0 Å². The topological polar surface area (TPSA) is 126 Å². The molecule has 0 unspecified atom stereocenters. The lowest BCUT2D eigenvalue weighted by molar-refractivity contribution is -0.113. The Hall–Kier alpha value is -3.51. The van der Waals surface area contributed by atoms with Gasteiger partial charge in [-0.15, -0.1) is 0 Å². The molecule has 1 amide bonds. The van der Waals surface area contributed by atoms with E-state index >= 15 is 0 Å². The Balaban J connectivity index is 1.92. The van der Waals surface area contributed by atoms with Crippen molar-refractivity contribution in [2.75, 3.05) is 6.54 Å². The molecule has 12 heteroatoms. The molecule has 0 saturated carbocycles. The van der Waals surface area contributed by atoms with Gasteiger partial charge in [-0.1, -0.05) is 48.2 Å². The molecule has 4 rings (SSSR count). The van der Waals surface area contributed by atoms with Crippen molar-refractivity contribution in [3.63, 3.8) is 0 Å². The number of carboxylic acid groups (broad SMARTS) is 2. The number of amides is 1. The van der Waals surface area contributed by atoms with Crippen LogP contribution in [0, 0.1) is 0 Å². The number of carboxylic acids is 2. The van der Waals surface area contributed by atoms with Crippen molar-refractivity contribution < 1.29 is 42.9 Å². The van der Waals surface area contributed by atoms with Crippen molar-refractivity contribution in [1.82, 2.24) is 4.90 Å². The molecule has 0 aromatic heterocycles. The van der Waals surface area contributed by atoms with Crippen molar-refractivity contribution in [2.24, 2.45) is 4.99 Å². The number of benzene rings is 2. The van der Waals surface area contributed by atoms with Crippen LogP contribution < -0.4 is 0 Å². The quantitative estimate of drug-likeness (QED) is 0.451. The number of aliphatic imine (C=N–C) groups is 1. The van der Waals surface area contributed by atoms with Crippen molar-refractivity contribution in [3.05, 3.63) is 70.8 Å². The van der Waals surface area contributed by atoms with Gasteiger partial charge in [-0.05, 0) is 51.0 Å². The zero-order valence-corrected chi connectivity index (χ0v) is 23.1. The number of fused-ring (bicyclic) bond motifs is 1. The van der Waals surface area contributed by atoms with E-state index in [0.29, 0.717) is 0 Å². The van der Waals surface area contributed by atoms with E-state index in [1.54, 1.807) is 33.8 Å². The van der Waals surface area contributed by atoms with Crippen LogP contribution in [0.25, 0.3) is 0 Å². The minimum absolute atomic E-state index is 0.0806. The van der Waals surface area contributed by atoms with E-state index in [2.05, 4.69) is 0 Å². The van der Waals surface area contributed by atoms with Crippen LogP contribution in [-0.4, -0.2) is 74.5 Å². The van der Waals surface area contributed by atoms with Crippen molar-refractivity contribution >= 4 is 35.0 Å². The molecule has 2 N–H and O–H groups in total. The number of carbonyl (C=O) groups is 3. The summed E-state index contributed by atoms with van der Waals surface area (Å²) in [7, 11) is 0. The molecule has 0 aliphatic carbocycles. The molecule has 214 valence electrons. The minimum atomic E-state index is -3.04. The summed E-state index contributed by atoms with van der Waals surface area (Å²) in [5.41, 5.74) is -1.81. The van der Waals surface area contributed by atoms with E-state index in [0.717, 1.165) is 11.8 Å². The number of hydrogen-bond donors (Lipinski definition) is 2. The first kappa shape index (κ1) is 29.5. The molecule has 2 aromatic carbocycles. The Bertz CT molecular complexity index is 1330. The number of halogens is 2. The van der Waals surface area contributed by atoms with E-state index in [-0.39, 0.29) is 34.0 Å². The molecular formula is C28H30F2N2O7S. The molecule has 1 saturated heterocycles. The second-order valence-corrected chi connectivity index (χ2v) is 11.5. The highest BCUT2D eigenvalue weighted by molar-refractivity contribution is 8.14. The second kappa shape index (κ2) is 11.5. The van der Waals surface area contributed by atoms with Gasteiger partial charge in [-0.25, -0.2) is 23.2 Å². The highest BCUT2D eigenvalue weighted by Gasteiger charge is 2.55. The van der Waals surface area contributed by atoms with Crippen LogP contribution in [0.1, 0.15) is 71.4 Å². The van der Waals surface area contributed by atoms with E-state index in [1.807, 2.05) is 0 Å². The molecule has 40 heavy (non-hydrogen) atoms. The third-order valence-corrected chi connectivity index (χ3v) is 7.83. The van der Waals surface area contributed by atoms with E-state index < -0.39 is 59.5 Å². The fourth-order valence-electron chi connectivity index (χ4n) is 5.13. The summed E-state index contributed by atoms with van der Waals surface area (Å²) < 4.78 is 40.8. The Morgan fingerprint density at radius 1 is 1.00 bits per heavy atom. The van der Waals surface area contributed by atoms with Crippen molar-refractivity contribution in [2.45, 2.75) is 69.1 Å². The first-order valence-corrected chi connectivity index (χ1v) is 13.5. The van der Waals surface area contributed by atoms with Crippen LogP contribution in [0.5, 0.6) is 0 Å². The number of thioether (sulfide) groups is 1. The van der Waals surface area contributed by atoms with Gasteiger partial charge in [0.2, 0.25) is 0 Å². The number of rotatable bonds is 6. The van der Waals surface area contributed by atoms with E-state index in [1.165, 1.54) is 47.4 Å². The zero-order chi connectivity index (χ0) is 29.4. The third-order valence-electron chi connectivity index (χ3n) is 6.67. The highest BCUT2D eigenvalue weighted by Crippen LogP contribution is 2.53. The number of amidine groups is 1. The number of carbonyl (C=O) groups excluding carboxylic acids is 1. The molecule has 2 aliphatic rings. The fourth-order valence-corrected chi connectivity index (χ4v) is 6.40. The van der Waals surface area contributed by atoms with Gasteiger partial charge in [0, 0.05) is 18.4 Å². The Morgan fingerprint density at radius 3 is 2.00 bits per heavy atom. The molecule has 2 aromatic rings. The molecule has 0 radical (unpaired) electrons. The summed E-state index contributed by atoms with van der Waals surface area (Å²) in [5, 5.41) is 20.1. The maximum Gasteiger partial charge on any atom is 0.416 e. The highest BCUT2D eigenvalue weighted by atomic mass is 32.2. The average molecular weight is 577 g/mol. The summed E-state index contributed by atoms with van der Waals surface area (Å²) in [6.45, 7) is 7.01. The molecule has 5 atom stereocenters. The van der Waals surface area contributed by atoms with Gasteiger partial charge in [0.1, 0.15) is 17.1 Å². The van der Waals surface area contributed by atoms with Crippen molar-refractivity contribution in [3.8, 4) is 0 Å². The summed E-state index contributed by atoms with van der Waals surface area (Å²) in [4.78, 5) is 43.4. The molecular weight excluding hydrogens is 546 g/mol. The second-order valence-electron chi connectivity index (χ2n) is 10.4. The molecule has 0 spiro atoms. The summed E-state index contributed by atoms with van der Waals surface area (Å²) >= 11 is 0.979. The van der Waals surface area contributed by atoms with E-state index in [9.17, 15) is 33.4 Å². The van der Waals surface area contributed by atoms with Gasteiger partial charge >= 0.3 is 18.0 Å². The molecule has 0 bridgehead atoms. The smallest absolute Gasteiger partial charge is 0.416 e. The maximum atomic E-state index is 14.7. The normalized spacial score (nSPS) is 24.3. The Labute approximate surface area is 234 Å². The molecule has 2 heterocycles. The van der Waals surface area contributed by atoms with Crippen LogP contribution in [0.2, 0.25) is 0 Å². The first-order valence-electron chi connectivity index (χ1n) is 12.7. The van der Waals surface area contributed by atoms with Crippen LogP contribution in [0.4, 0.5) is 13.6 Å². The first-order chi connectivity index (χ1) is 18.8. The monoisotopic (exact) mass is 576 g/mol. The average Bonchev–Trinajstić information content (AvgIpc) is 3.30. The van der Waals surface area contributed by atoms with Crippen LogP contribution in [0.3, 0.4) is 0 Å².